The number of hydrogen-bond acceptors (Lipinski definition) is 6. The molecule has 3 aromatic rings. The maximum Gasteiger partial charge on any atom is 0.240 e. The van der Waals surface area contributed by atoms with Crippen molar-refractivity contribution in [1.82, 2.24) is 14.8 Å². The van der Waals surface area contributed by atoms with Crippen molar-refractivity contribution >= 4 is 22.4 Å². The van der Waals surface area contributed by atoms with Gasteiger partial charge in [0.25, 0.3) is 0 Å². The lowest BCUT2D eigenvalue weighted by Gasteiger charge is -2.25. The zero-order valence-corrected chi connectivity index (χ0v) is 14.5. The van der Waals surface area contributed by atoms with Crippen LogP contribution in [-0.4, -0.2) is 40.4 Å². The zero-order chi connectivity index (χ0) is 17.5. The fourth-order valence-corrected chi connectivity index (χ4v) is 3.24. The third-order valence-electron chi connectivity index (χ3n) is 4.77. The summed E-state index contributed by atoms with van der Waals surface area (Å²) in [6.45, 7) is 2.86. The number of anilines is 1. The van der Waals surface area contributed by atoms with E-state index in [0.717, 1.165) is 46.9 Å². The second-order valence-electron chi connectivity index (χ2n) is 6.68. The highest BCUT2D eigenvalue weighted by Gasteiger charge is 2.21. The SMILES string of the molecule is Cn1nc(OCC2COC2)c2ccc(NC3=NCc4cccnc43)cc21. The highest BCUT2D eigenvalue weighted by atomic mass is 16.5. The summed E-state index contributed by atoms with van der Waals surface area (Å²) < 4.78 is 12.9. The number of fused-ring (bicyclic) bond motifs is 2. The molecule has 26 heavy (non-hydrogen) atoms. The molecule has 0 radical (unpaired) electrons. The van der Waals surface area contributed by atoms with Gasteiger partial charge >= 0.3 is 0 Å². The Balaban J connectivity index is 1.39. The first-order valence-electron chi connectivity index (χ1n) is 8.71. The second kappa shape index (κ2) is 6.10. The largest absolute Gasteiger partial charge is 0.476 e. The number of amidine groups is 1. The summed E-state index contributed by atoms with van der Waals surface area (Å²) in [4.78, 5) is 8.99. The number of nitrogens with one attached hydrogen (secondary N) is 1. The molecule has 0 spiro atoms. The topological polar surface area (TPSA) is 73.6 Å². The Labute approximate surface area is 150 Å². The normalized spacial score (nSPS) is 16.3. The molecule has 1 aromatic carbocycles. The van der Waals surface area contributed by atoms with E-state index < -0.39 is 0 Å². The molecule has 7 nitrogen and oxygen atoms in total. The van der Waals surface area contributed by atoms with Crippen LogP contribution in [0.25, 0.3) is 10.9 Å². The zero-order valence-electron chi connectivity index (χ0n) is 14.5. The van der Waals surface area contributed by atoms with Crippen LogP contribution in [0.3, 0.4) is 0 Å². The van der Waals surface area contributed by atoms with Gasteiger partial charge in [-0.2, -0.15) is 0 Å². The molecule has 0 aliphatic carbocycles. The minimum atomic E-state index is 0.473. The molecule has 2 aliphatic rings. The average molecular weight is 349 g/mol. The van der Waals surface area contributed by atoms with Crippen molar-refractivity contribution in [3.8, 4) is 5.88 Å². The minimum absolute atomic E-state index is 0.473. The lowest BCUT2D eigenvalue weighted by atomic mass is 10.1. The van der Waals surface area contributed by atoms with Crippen LogP contribution in [0, 0.1) is 5.92 Å². The molecule has 0 unspecified atom stereocenters. The van der Waals surface area contributed by atoms with Crippen molar-refractivity contribution in [1.29, 1.82) is 0 Å². The average Bonchev–Trinajstić information content (AvgIpc) is 3.16. The summed E-state index contributed by atoms with van der Waals surface area (Å²) in [5.74, 6) is 1.95. The van der Waals surface area contributed by atoms with E-state index in [0.29, 0.717) is 24.9 Å². The molecule has 1 N–H and O–H groups in total. The molecule has 5 rings (SSSR count). The van der Waals surface area contributed by atoms with Crippen LogP contribution < -0.4 is 10.1 Å². The van der Waals surface area contributed by atoms with Crippen LogP contribution in [0.5, 0.6) is 5.88 Å². The summed E-state index contributed by atoms with van der Waals surface area (Å²) in [6.07, 6.45) is 1.79. The molecule has 132 valence electrons. The van der Waals surface area contributed by atoms with E-state index >= 15 is 0 Å². The van der Waals surface area contributed by atoms with E-state index in [1.54, 1.807) is 6.20 Å². The van der Waals surface area contributed by atoms with Crippen LogP contribution in [0.15, 0.2) is 41.5 Å². The minimum Gasteiger partial charge on any atom is -0.476 e. The first-order valence-corrected chi connectivity index (χ1v) is 8.71. The van der Waals surface area contributed by atoms with Crippen molar-refractivity contribution in [2.45, 2.75) is 6.54 Å². The van der Waals surface area contributed by atoms with Gasteiger partial charge in [-0.15, -0.1) is 5.10 Å². The number of rotatable bonds is 4. The summed E-state index contributed by atoms with van der Waals surface area (Å²) in [5.41, 5.74) is 4.03. The smallest absolute Gasteiger partial charge is 0.240 e. The predicted molar refractivity (Wildman–Crippen MR) is 98.6 cm³/mol. The maximum atomic E-state index is 5.90. The van der Waals surface area contributed by atoms with Crippen LogP contribution in [0.4, 0.5) is 5.69 Å². The lowest BCUT2D eigenvalue weighted by Crippen LogP contribution is -2.32. The number of aliphatic imine (C=N–C) groups is 1. The van der Waals surface area contributed by atoms with Gasteiger partial charge in [0.05, 0.1) is 37.3 Å². The van der Waals surface area contributed by atoms with E-state index in [-0.39, 0.29) is 0 Å². The molecule has 0 amide bonds. The lowest BCUT2D eigenvalue weighted by molar-refractivity contribution is -0.0512. The second-order valence-corrected chi connectivity index (χ2v) is 6.68. The summed E-state index contributed by atoms with van der Waals surface area (Å²) in [5, 5.41) is 8.90. The number of pyridine rings is 1. The number of aryl methyl sites for hydroxylation is 1. The predicted octanol–water partition coefficient (Wildman–Crippen LogP) is 2.37. The van der Waals surface area contributed by atoms with E-state index in [1.807, 2.05) is 29.9 Å². The fraction of sp³-hybridized carbons (Fsp3) is 0.316. The van der Waals surface area contributed by atoms with Gasteiger partial charge in [0.1, 0.15) is 5.69 Å². The van der Waals surface area contributed by atoms with E-state index in [4.69, 9.17) is 9.47 Å². The first kappa shape index (κ1) is 15.3. The number of aromatic nitrogens is 3. The highest BCUT2D eigenvalue weighted by molar-refractivity contribution is 6.09. The molecule has 0 saturated carbocycles. The number of ether oxygens (including phenoxy) is 2. The Morgan fingerprint density at radius 1 is 1.31 bits per heavy atom. The highest BCUT2D eigenvalue weighted by Crippen LogP contribution is 2.28. The quantitative estimate of drug-likeness (QED) is 0.783. The standard InChI is InChI=1S/C19H19N5O2/c1-24-16-7-14(22-18-17-13(8-21-18)3-2-6-20-17)4-5-15(16)19(23-24)26-11-12-9-25-10-12/h2-7,12H,8-11H2,1H3,(H,21,22). The van der Waals surface area contributed by atoms with Gasteiger partial charge in [-0.25, -0.2) is 0 Å². The van der Waals surface area contributed by atoms with Gasteiger partial charge in [0.2, 0.25) is 5.88 Å². The molecule has 4 heterocycles. The molecule has 1 saturated heterocycles. The van der Waals surface area contributed by atoms with Crippen molar-refractivity contribution in [3.63, 3.8) is 0 Å². The van der Waals surface area contributed by atoms with Crippen molar-refractivity contribution < 1.29 is 9.47 Å². The first-order chi connectivity index (χ1) is 12.8. The van der Waals surface area contributed by atoms with Crippen LogP contribution in [0.2, 0.25) is 0 Å². The van der Waals surface area contributed by atoms with Gasteiger partial charge in [-0.05, 0) is 24.3 Å². The molecule has 2 aromatic heterocycles. The van der Waals surface area contributed by atoms with E-state index in [1.165, 1.54) is 0 Å². The number of nitrogens with zero attached hydrogens (tertiary/aromatic N) is 4. The van der Waals surface area contributed by atoms with Crippen molar-refractivity contribution in [3.05, 3.63) is 47.8 Å². The summed E-state index contributed by atoms with van der Waals surface area (Å²) >= 11 is 0. The van der Waals surface area contributed by atoms with Gasteiger partial charge in [0, 0.05) is 30.4 Å². The fourth-order valence-electron chi connectivity index (χ4n) is 3.24. The molecular weight excluding hydrogens is 330 g/mol. The Bertz CT molecular complexity index is 1010. The molecule has 0 bridgehead atoms. The summed E-state index contributed by atoms with van der Waals surface area (Å²) in [7, 11) is 1.93. The molecule has 7 heteroatoms. The van der Waals surface area contributed by atoms with Gasteiger partial charge in [-0.3, -0.25) is 14.7 Å². The van der Waals surface area contributed by atoms with Crippen molar-refractivity contribution in [2.24, 2.45) is 18.0 Å². The van der Waals surface area contributed by atoms with Gasteiger partial charge in [-0.1, -0.05) is 6.07 Å². The monoisotopic (exact) mass is 349 g/mol. The van der Waals surface area contributed by atoms with Crippen LogP contribution >= 0.6 is 0 Å². The Hall–Kier alpha value is -2.93. The molecule has 2 aliphatic heterocycles. The van der Waals surface area contributed by atoms with Crippen LogP contribution in [-0.2, 0) is 18.3 Å². The molecular formula is C19H19N5O2. The molecule has 0 atom stereocenters. The Morgan fingerprint density at radius 3 is 3.08 bits per heavy atom. The maximum absolute atomic E-state index is 5.90. The third-order valence-corrected chi connectivity index (χ3v) is 4.77. The Morgan fingerprint density at radius 2 is 2.23 bits per heavy atom. The van der Waals surface area contributed by atoms with Gasteiger partial charge in [0.15, 0.2) is 5.84 Å². The summed E-state index contributed by atoms with van der Waals surface area (Å²) in [6, 6.07) is 10.1. The molecule has 1 fully saturated rings. The van der Waals surface area contributed by atoms with E-state index in [9.17, 15) is 0 Å². The van der Waals surface area contributed by atoms with E-state index in [2.05, 4.69) is 32.5 Å². The van der Waals surface area contributed by atoms with Crippen molar-refractivity contribution in [2.75, 3.05) is 25.1 Å². The van der Waals surface area contributed by atoms with Crippen LogP contribution in [0.1, 0.15) is 11.3 Å². The number of hydrogen-bond donors (Lipinski definition) is 1. The van der Waals surface area contributed by atoms with Gasteiger partial charge < -0.3 is 14.8 Å². The Kier molecular flexibility index (Phi) is 3.60. The number of benzene rings is 1. The third kappa shape index (κ3) is 2.61.